The van der Waals surface area contributed by atoms with Gasteiger partial charge < -0.3 is 5.32 Å². The van der Waals surface area contributed by atoms with Crippen molar-refractivity contribution in [1.82, 2.24) is 19.7 Å². The predicted molar refractivity (Wildman–Crippen MR) is 102 cm³/mol. The minimum absolute atomic E-state index is 0.261. The van der Waals surface area contributed by atoms with Crippen molar-refractivity contribution < 1.29 is 4.39 Å². The Kier molecular flexibility index (Phi) is 5.41. The summed E-state index contributed by atoms with van der Waals surface area (Å²) in [6.45, 7) is 9.31. The monoisotopic (exact) mass is 351 g/mol. The molecule has 0 fully saturated rings. The zero-order valence-corrected chi connectivity index (χ0v) is 15.0. The van der Waals surface area contributed by atoms with E-state index in [9.17, 15) is 4.39 Å². The molecule has 1 aromatic carbocycles. The summed E-state index contributed by atoms with van der Waals surface area (Å²) < 4.78 is 15.3. The summed E-state index contributed by atoms with van der Waals surface area (Å²) in [4.78, 5) is 8.80. The minimum atomic E-state index is -0.261. The molecule has 6 heteroatoms. The van der Waals surface area contributed by atoms with E-state index in [1.807, 2.05) is 10.7 Å². The first-order valence-corrected chi connectivity index (χ1v) is 8.58. The van der Waals surface area contributed by atoms with E-state index in [2.05, 4.69) is 40.8 Å². The number of nitrogens with zero attached hydrogens (tertiary/aromatic N) is 4. The summed E-state index contributed by atoms with van der Waals surface area (Å²) in [5.41, 5.74) is 3.48. The molecule has 1 N–H and O–H groups in total. The van der Waals surface area contributed by atoms with E-state index >= 15 is 0 Å². The SMILES string of the molecule is C=CCNc1nccc(-c2cnn(CC(C)C)c2-c2ccc(F)cc2)n1. The van der Waals surface area contributed by atoms with Crippen LogP contribution in [0.1, 0.15) is 13.8 Å². The molecule has 2 heterocycles. The lowest BCUT2D eigenvalue weighted by Crippen LogP contribution is -2.08. The van der Waals surface area contributed by atoms with Crippen molar-refractivity contribution in [3.05, 3.63) is 61.2 Å². The third-order valence-corrected chi connectivity index (χ3v) is 3.83. The Labute approximate surface area is 152 Å². The van der Waals surface area contributed by atoms with Gasteiger partial charge in [0.15, 0.2) is 0 Å². The number of hydrogen-bond donors (Lipinski definition) is 1. The molecule has 0 saturated carbocycles. The van der Waals surface area contributed by atoms with Gasteiger partial charge in [-0.15, -0.1) is 6.58 Å². The van der Waals surface area contributed by atoms with Crippen molar-refractivity contribution in [1.29, 1.82) is 0 Å². The number of nitrogens with one attached hydrogen (secondary N) is 1. The molecule has 26 heavy (non-hydrogen) atoms. The van der Waals surface area contributed by atoms with Gasteiger partial charge in [-0.2, -0.15) is 5.10 Å². The minimum Gasteiger partial charge on any atom is -0.351 e. The summed E-state index contributed by atoms with van der Waals surface area (Å²) in [6.07, 6.45) is 5.27. The van der Waals surface area contributed by atoms with Crippen molar-refractivity contribution >= 4 is 5.95 Å². The van der Waals surface area contributed by atoms with E-state index in [-0.39, 0.29) is 5.82 Å². The molecule has 0 aliphatic carbocycles. The lowest BCUT2D eigenvalue weighted by atomic mass is 10.0. The van der Waals surface area contributed by atoms with Gasteiger partial charge in [0.05, 0.1) is 17.6 Å². The Morgan fingerprint density at radius 1 is 1.23 bits per heavy atom. The molecule has 2 aromatic heterocycles. The maximum atomic E-state index is 13.4. The zero-order valence-electron chi connectivity index (χ0n) is 15.0. The van der Waals surface area contributed by atoms with Crippen LogP contribution >= 0.6 is 0 Å². The van der Waals surface area contributed by atoms with E-state index in [1.54, 1.807) is 30.6 Å². The molecule has 3 aromatic rings. The fourth-order valence-electron chi connectivity index (χ4n) is 2.73. The van der Waals surface area contributed by atoms with Crippen LogP contribution in [-0.2, 0) is 6.54 Å². The molecule has 0 amide bonds. The topological polar surface area (TPSA) is 55.6 Å². The van der Waals surface area contributed by atoms with Crippen molar-refractivity contribution in [3.8, 4) is 22.5 Å². The smallest absolute Gasteiger partial charge is 0.223 e. The Hall–Kier alpha value is -3.02. The van der Waals surface area contributed by atoms with Gasteiger partial charge in [-0.05, 0) is 36.2 Å². The maximum absolute atomic E-state index is 13.4. The molecule has 134 valence electrons. The average Bonchev–Trinajstić information content (AvgIpc) is 3.04. The molecule has 0 atom stereocenters. The van der Waals surface area contributed by atoms with Crippen LogP contribution in [0.2, 0.25) is 0 Å². The first-order chi connectivity index (χ1) is 12.6. The maximum Gasteiger partial charge on any atom is 0.223 e. The molecule has 0 bridgehead atoms. The highest BCUT2D eigenvalue weighted by Gasteiger charge is 2.17. The fourth-order valence-corrected chi connectivity index (χ4v) is 2.73. The molecular weight excluding hydrogens is 329 g/mol. The molecule has 0 saturated heterocycles. The van der Waals surface area contributed by atoms with Crippen LogP contribution in [0.5, 0.6) is 0 Å². The van der Waals surface area contributed by atoms with Gasteiger partial charge in [-0.25, -0.2) is 14.4 Å². The Bertz CT molecular complexity index is 883. The normalized spacial score (nSPS) is 10.9. The number of rotatable bonds is 7. The van der Waals surface area contributed by atoms with Crippen molar-refractivity contribution in [2.24, 2.45) is 5.92 Å². The quantitative estimate of drug-likeness (QED) is 0.641. The standard InChI is InChI=1S/C20H22FN5/c1-4-10-22-20-23-11-9-18(25-20)17-12-24-26(13-14(2)3)19(17)15-5-7-16(21)8-6-15/h4-9,11-12,14H,1,10,13H2,2-3H3,(H,22,23,25). The third-order valence-electron chi connectivity index (χ3n) is 3.83. The summed E-state index contributed by atoms with van der Waals surface area (Å²) in [6, 6.07) is 8.31. The predicted octanol–water partition coefficient (Wildman–Crippen LogP) is 4.40. The number of aromatic nitrogens is 4. The van der Waals surface area contributed by atoms with Crippen LogP contribution in [0.4, 0.5) is 10.3 Å². The number of halogens is 1. The Morgan fingerprint density at radius 3 is 2.69 bits per heavy atom. The summed E-state index contributed by atoms with van der Waals surface area (Å²) in [5.74, 6) is 0.699. The molecule has 3 rings (SSSR count). The van der Waals surface area contributed by atoms with E-state index in [0.29, 0.717) is 18.4 Å². The van der Waals surface area contributed by atoms with E-state index in [1.165, 1.54) is 12.1 Å². The molecule has 0 unspecified atom stereocenters. The molecule has 0 spiro atoms. The van der Waals surface area contributed by atoms with E-state index in [4.69, 9.17) is 0 Å². The summed E-state index contributed by atoms with van der Waals surface area (Å²) in [7, 11) is 0. The lowest BCUT2D eigenvalue weighted by molar-refractivity contribution is 0.487. The second-order valence-electron chi connectivity index (χ2n) is 6.42. The first kappa shape index (κ1) is 17.8. The van der Waals surface area contributed by atoms with Gasteiger partial charge in [0.1, 0.15) is 5.82 Å². The highest BCUT2D eigenvalue weighted by atomic mass is 19.1. The van der Waals surface area contributed by atoms with Gasteiger partial charge >= 0.3 is 0 Å². The number of anilines is 1. The number of hydrogen-bond acceptors (Lipinski definition) is 4. The highest BCUT2D eigenvalue weighted by molar-refractivity contribution is 5.79. The average molecular weight is 351 g/mol. The Balaban J connectivity index is 2.08. The van der Waals surface area contributed by atoms with Crippen LogP contribution in [0.3, 0.4) is 0 Å². The zero-order chi connectivity index (χ0) is 18.5. The first-order valence-electron chi connectivity index (χ1n) is 8.58. The molecule has 0 aliphatic heterocycles. The van der Waals surface area contributed by atoms with Gasteiger partial charge in [-0.3, -0.25) is 4.68 Å². The number of benzene rings is 1. The van der Waals surface area contributed by atoms with Crippen LogP contribution in [-0.4, -0.2) is 26.3 Å². The molecule has 5 nitrogen and oxygen atoms in total. The van der Waals surface area contributed by atoms with Gasteiger partial charge in [0.2, 0.25) is 5.95 Å². The van der Waals surface area contributed by atoms with Crippen LogP contribution < -0.4 is 5.32 Å². The Morgan fingerprint density at radius 2 is 2.00 bits per heavy atom. The van der Waals surface area contributed by atoms with Crippen molar-refractivity contribution in [2.45, 2.75) is 20.4 Å². The third kappa shape index (κ3) is 3.96. The van der Waals surface area contributed by atoms with E-state index < -0.39 is 0 Å². The van der Waals surface area contributed by atoms with Crippen LogP contribution in [0.15, 0.2) is 55.4 Å². The highest BCUT2D eigenvalue weighted by Crippen LogP contribution is 2.32. The second-order valence-corrected chi connectivity index (χ2v) is 6.42. The molecular formula is C20H22FN5. The van der Waals surface area contributed by atoms with E-state index in [0.717, 1.165) is 29.1 Å². The largest absolute Gasteiger partial charge is 0.351 e. The van der Waals surface area contributed by atoms with Crippen LogP contribution in [0, 0.1) is 11.7 Å². The van der Waals surface area contributed by atoms with Crippen molar-refractivity contribution in [2.75, 3.05) is 11.9 Å². The fraction of sp³-hybridized carbons (Fsp3) is 0.250. The summed E-state index contributed by atoms with van der Waals surface area (Å²) in [5, 5.41) is 7.64. The van der Waals surface area contributed by atoms with Gasteiger partial charge in [0.25, 0.3) is 0 Å². The summed E-state index contributed by atoms with van der Waals surface area (Å²) >= 11 is 0. The second kappa shape index (κ2) is 7.91. The lowest BCUT2D eigenvalue weighted by Gasteiger charge is -2.12. The molecule has 0 aliphatic rings. The van der Waals surface area contributed by atoms with Crippen molar-refractivity contribution in [3.63, 3.8) is 0 Å². The van der Waals surface area contributed by atoms with Crippen LogP contribution in [0.25, 0.3) is 22.5 Å². The van der Waals surface area contributed by atoms with Gasteiger partial charge in [-0.1, -0.05) is 19.9 Å². The molecule has 0 radical (unpaired) electrons. The van der Waals surface area contributed by atoms with Gasteiger partial charge in [0, 0.05) is 30.4 Å².